The first-order valence-electron chi connectivity index (χ1n) is 7.56. The van der Waals surface area contributed by atoms with Crippen molar-refractivity contribution in [1.29, 1.82) is 0 Å². The van der Waals surface area contributed by atoms with Gasteiger partial charge < -0.3 is 15.0 Å². The highest BCUT2D eigenvalue weighted by Gasteiger charge is 2.27. The third-order valence-corrected chi connectivity index (χ3v) is 3.90. The number of hydrogen-bond donors (Lipinski definition) is 1. The Kier molecular flexibility index (Phi) is 5.42. The van der Waals surface area contributed by atoms with Crippen molar-refractivity contribution < 1.29 is 13.9 Å². The quantitative estimate of drug-likeness (QED) is 0.927. The fourth-order valence-corrected chi connectivity index (χ4v) is 2.81. The van der Waals surface area contributed by atoms with E-state index in [0.717, 1.165) is 31.6 Å². The van der Waals surface area contributed by atoms with Gasteiger partial charge in [-0.2, -0.15) is 0 Å². The van der Waals surface area contributed by atoms with Crippen LogP contribution in [0.2, 0.25) is 0 Å². The van der Waals surface area contributed by atoms with Crippen LogP contribution in [0.25, 0.3) is 0 Å². The van der Waals surface area contributed by atoms with Crippen LogP contribution in [0, 0.1) is 11.7 Å². The Morgan fingerprint density at radius 3 is 2.67 bits per heavy atom. The topological polar surface area (TPSA) is 41.6 Å². The number of rotatable bonds is 4. The van der Waals surface area contributed by atoms with Crippen molar-refractivity contribution in [2.45, 2.75) is 32.7 Å². The molecule has 0 saturated carbocycles. The zero-order chi connectivity index (χ0) is 15.2. The minimum atomic E-state index is -0.363. The summed E-state index contributed by atoms with van der Waals surface area (Å²) in [5.74, 6) is 0.278. The molecule has 5 heteroatoms. The standard InChI is InChI=1S/C16H23FN2O2/c1-3-12-9-14(18-16(20)21-4-2)11-19(10-12)15-7-5-13(17)6-8-15/h5-8,12,14H,3-4,9-11H2,1-2H3,(H,18,20). The van der Waals surface area contributed by atoms with Crippen LogP contribution in [0.5, 0.6) is 0 Å². The van der Waals surface area contributed by atoms with Crippen LogP contribution in [-0.4, -0.2) is 31.8 Å². The van der Waals surface area contributed by atoms with Gasteiger partial charge in [-0.1, -0.05) is 13.3 Å². The molecule has 1 heterocycles. The van der Waals surface area contributed by atoms with Crippen molar-refractivity contribution in [1.82, 2.24) is 5.32 Å². The molecule has 1 saturated heterocycles. The lowest BCUT2D eigenvalue weighted by atomic mass is 9.92. The Morgan fingerprint density at radius 1 is 1.33 bits per heavy atom. The van der Waals surface area contributed by atoms with E-state index >= 15 is 0 Å². The van der Waals surface area contributed by atoms with Gasteiger partial charge in [-0.25, -0.2) is 9.18 Å². The summed E-state index contributed by atoms with van der Waals surface area (Å²) >= 11 is 0. The highest BCUT2D eigenvalue weighted by Crippen LogP contribution is 2.25. The Morgan fingerprint density at radius 2 is 2.05 bits per heavy atom. The van der Waals surface area contributed by atoms with E-state index in [1.54, 1.807) is 19.1 Å². The lowest BCUT2D eigenvalue weighted by Gasteiger charge is -2.39. The zero-order valence-corrected chi connectivity index (χ0v) is 12.6. The number of alkyl carbamates (subject to hydrolysis) is 1. The van der Waals surface area contributed by atoms with Crippen LogP contribution in [0.15, 0.2) is 24.3 Å². The second-order valence-electron chi connectivity index (χ2n) is 5.45. The van der Waals surface area contributed by atoms with Gasteiger partial charge in [0.15, 0.2) is 0 Å². The lowest BCUT2D eigenvalue weighted by molar-refractivity contribution is 0.144. The van der Waals surface area contributed by atoms with Gasteiger partial charge in [0, 0.05) is 18.8 Å². The maximum absolute atomic E-state index is 13.0. The number of hydrogen-bond acceptors (Lipinski definition) is 3. The Balaban J connectivity index is 2.04. The second kappa shape index (κ2) is 7.29. The third-order valence-electron chi connectivity index (χ3n) is 3.90. The average molecular weight is 294 g/mol. The summed E-state index contributed by atoms with van der Waals surface area (Å²) in [7, 11) is 0. The summed E-state index contributed by atoms with van der Waals surface area (Å²) in [5, 5.41) is 2.92. The molecule has 1 fully saturated rings. The lowest BCUT2D eigenvalue weighted by Crippen LogP contribution is -2.51. The summed E-state index contributed by atoms with van der Waals surface area (Å²) in [4.78, 5) is 13.8. The molecule has 1 aliphatic heterocycles. The maximum atomic E-state index is 13.0. The summed E-state index contributed by atoms with van der Waals surface area (Å²) in [6.45, 7) is 5.97. The molecule has 1 aliphatic rings. The van der Waals surface area contributed by atoms with Crippen molar-refractivity contribution >= 4 is 11.8 Å². The molecule has 2 atom stereocenters. The number of nitrogens with one attached hydrogen (secondary N) is 1. The van der Waals surface area contributed by atoms with Gasteiger partial charge in [-0.15, -0.1) is 0 Å². The molecule has 1 aromatic carbocycles. The van der Waals surface area contributed by atoms with Gasteiger partial charge >= 0.3 is 6.09 Å². The van der Waals surface area contributed by atoms with Crippen molar-refractivity contribution in [3.63, 3.8) is 0 Å². The first kappa shape index (κ1) is 15.6. The largest absolute Gasteiger partial charge is 0.450 e. The van der Waals surface area contributed by atoms with E-state index in [2.05, 4.69) is 17.1 Å². The van der Waals surface area contributed by atoms with E-state index in [1.165, 1.54) is 12.1 Å². The normalized spacial score (nSPS) is 22.0. The molecule has 1 amide bonds. The van der Waals surface area contributed by atoms with Gasteiger partial charge in [0.2, 0.25) is 0 Å². The molecule has 0 aliphatic carbocycles. The molecule has 0 aromatic heterocycles. The summed E-state index contributed by atoms with van der Waals surface area (Å²) in [6.07, 6.45) is 1.64. The van der Waals surface area contributed by atoms with Crippen LogP contribution in [0.3, 0.4) is 0 Å². The van der Waals surface area contributed by atoms with Crippen LogP contribution in [0.1, 0.15) is 26.7 Å². The van der Waals surface area contributed by atoms with Gasteiger partial charge in [-0.05, 0) is 43.5 Å². The van der Waals surface area contributed by atoms with E-state index in [1.807, 2.05) is 0 Å². The van der Waals surface area contributed by atoms with E-state index in [4.69, 9.17) is 4.74 Å². The van der Waals surface area contributed by atoms with Crippen LogP contribution in [-0.2, 0) is 4.74 Å². The monoisotopic (exact) mass is 294 g/mol. The van der Waals surface area contributed by atoms with Crippen molar-refractivity contribution in [3.8, 4) is 0 Å². The number of nitrogens with zero attached hydrogens (tertiary/aromatic N) is 1. The summed E-state index contributed by atoms with van der Waals surface area (Å²) < 4.78 is 18.0. The number of amides is 1. The predicted molar refractivity (Wildman–Crippen MR) is 81.0 cm³/mol. The van der Waals surface area contributed by atoms with Crippen LogP contribution >= 0.6 is 0 Å². The van der Waals surface area contributed by atoms with Crippen LogP contribution < -0.4 is 10.2 Å². The van der Waals surface area contributed by atoms with E-state index < -0.39 is 0 Å². The Hall–Kier alpha value is -1.78. The SMILES string of the molecule is CCOC(=O)NC1CC(CC)CN(c2ccc(F)cc2)C1. The van der Waals surface area contributed by atoms with Gasteiger partial charge in [-0.3, -0.25) is 0 Å². The van der Waals surface area contributed by atoms with Crippen molar-refractivity contribution in [2.24, 2.45) is 5.92 Å². The molecular weight excluding hydrogens is 271 g/mol. The van der Waals surface area contributed by atoms with Gasteiger partial charge in [0.05, 0.1) is 12.6 Å². The number of benzene rings is 1. The second-order valence-corrected chi connectivity index (χ2v) is 5.45. The average Bonchev–Trinajstić information content (AvgIpc) is 2.47. The number of halogens is 1. The summed E-state index contributed by atoms with van der Waals surface area (Å²) in [6, 6.07) is 6.58. The first-order chi connectivity index (χ1) is 10.1. The summed E-state index contributed by atoms with van der Waals surface area (Å²) in [5.41, 5.74) is 0.991. The fraction of sp³-hybridized carbons (Fsp3) is 0.562. The molecule has 116 valence electrons. The number of carbonyl (C=O) groups is 1. The van der Waals surface area contributed by atoms with Gasteiger partial charge in [0.25, 0.3) is 0 Å². The predicted octanol–water partition coefficient (Wildman–Crippen LogP) is 3.18. The molecule has 4 nitrogen and oxygen atoms in total. The van der Waals surface area contributed by atoms with E-state index in [0.29, 0.717) is 12.5 Å². The van der Waals surface area contributed by atoms with E-state index in [9.17, 15) is 9.18 Å². The minimum absolute atomic E-state index is 0.0628. The van der Waals surface area contributed by atoms with Gasteiger partial charge in [0.1, 0.15) is 5.82 Å². The molecule has 2 unspecified atom stereocenters. The molecule has 1 N–H and O–H groups in total. The molecule has 2 rings (SSSR count). The molecule has 0 bridgehead atoms. The number of anilines is 1. The molecule has 0 radical (unpaired) electrons. The van der Waals surface area contributed by atoms with Crippen molar-refractivity contribution in [3.05, 3.63) is 30.1 Å². The maximum Gasteiger partial charge on any atom is 0.407 e. The fourth-order valence-electron chi connectivity index (χ4n) is 2.81. The molecular formula is C16H23FN2O2. The highest BCUT2D eigenvalue weighted by atomic mass is 19.1. The number of carbonyl (C=O) groups excluding carboxylic acids is 1. The Labute approximate surface area is 125 Å². The first-order valence-corrected chi connectivity index (χ1v) is 7.56. The zero-order valence-electron chi connectivity index (χ0n) is 12.6. The highest BCUT2D eigenvalue weighted by molar-refractivity contribution is 5.67. The minimum Gasteiger partial charge on any atom is -0.450 e. The smallest absolute Gasteiger partial charge is 0.407 e. The number of piperidine rings is 1. The number of ether oxygens (including phenoxy) is 1. The van der Waals surface area contributed by atoms with E-state index in [-0.39, 0.29) is 18.0 Å². The molecule has 21 heavy (non-hydrogen) atoms. The molecule has 0 spiro atoms. The Bertz CT molecular complexity index is 464. The molecule has 1 aromatic rings. The van der Waals surface area contributed by atoms with Crippen LogP contribution in [0.4, 0.5) is 14.9 Å². The van der Waals surface area contributed by atoms with Crippen molar-refractivity contribution in [2.75, 3.05) is 24.6 Å². The third kappa shape index (κ3) is 4.34.